The van der Waals surface area contributed by atoms with Crippen LogP contribution in [0.15, 0.2) is 45.7 Å². The van der Waals surface area contributed by atoms with Gasteiger partial charge in [-0.1, -0.05) is 0 Å². The average Bonchev–Trinajstić information content (AvgIpc) is 3.47. The highest BCUT2D eigenvalue weighted by atomic mass is 19.3. The summed E-state index contributed by atoms with van der Waals surface area (Å²) < 4.78 is 53.6. The normalized spacial score (nSPS) is 20.1. The summed E-state index contributed by atoms with van der Waals surface area (Å²) in [6.07, 6.45) is 2.67. The number of pyridine rings is 1. The molecule has 0 bridgehead atoms. The molecule has 5 heterocycles. The molecule has 2 saturated heterocycles. The van der Waals surface area contributed by atoms with E-state index in [0.29, 0.717) is 33.7 Å². The molecule has 2 aliphatic heterocycles. The summed E-state index contributed by atoms with van der Waals surface area (Å²) in [6.45, 7) is 3.76. The number of benzene rings is 1. The number of fused-ring (bicyclic) bond motifs is 1. The maximum absolute atomic E-state index is 14.3. The van der Waals surface area contributed by atoms with Gasteiger partial charge in [0.25, 0.3) is 5.89 Å². The van der Waals surface area contributed by atoms with Gasteiger partial charge in [-0.05, 0) is 56.0 Å². The third-order valence-electron chi connectivity index (χ3n) is 8.48. The molecule has 0 unspecified atom stereocenters. The second-order valence-electron chi connectivity index (χ2n) is 11.0. The minimum atomic E-state index is -2.86. The van der Waals surface area contributed by atoms with E-state index in [1.807, 2.05) is 4.57 Å². The first-order chi connectivity index (χ1) is 18.9. The van der Waals surface area contributed by atoms with Gasteiger partial charge in [0.05, 0.1) is 42.0 Å². The van der Waals surface area contributed by atoms with Crippen LogP contribution < -0.4 is 5.69 Å². The van der Waals surface area contributed by atoms with Gasteiger partial charge in [0, 0.05) is 36.8 Å². The van der Waals surface area contributed by atoms with Crippen LogP contribution in [0.1, 0.15) is 49.7 Å². The Morgan fingerprint density at radius 1 is 1.03 bits per heavy atom. The Bertz CT molecular complexity index is 1560. The van der Waals surface area contributed by atoms with Gasteiger partial charge in [-0.25, -0.2) is 9.18 Å². The van der Waals surface area contributed by atoms with Crippen LogP contribution in [-0.2, 0) is 11.3 Å². The van der Waals surface area contributed by atoms with Crippen molar-refractivity contribution in [2.45, 2.75) is 50.7 Å². The van der Waals surface area contributed by atoms with Crippen LogP contribution in [0.25, 0.3) is 22.5 Å². The van der Waals surface area contributed by atoms with Gasteiger partial charge in [0.15, 0.2) is 0 Å². The van der Waals surface area contributed by atoms with Gasteiger partial charge in [-0.15, -0.1) is 10.2 Å². The predicted octanol–water partition coefficient (Wildman–Crippen LogP) is 4.19. The average molecular weight is 541 g/mol. The maximum Gasteiger partial charge on any atom is 0.329 e. The molecule has 12 heteroatoms. The number of imidazole rings is 1. The standard InChI is InChI=1S/C27H27F3N6O3/c28-17-2-4-21-22(9-17)35(13-18-3-1-16(12-31-18)24-32-33-25(39-24)23(29)30)26(37)36(21)19-5-7-34(8-6-19)20-10-27(11-20)14-38-15-27/h1-4,9,12,19-20,23H,5-8,10-11,13-15H2. The molecule has 0 amide bonds. The monoisotopic (exact) mass is 540 g/mol. The van der Waals surface area contributed by atoms with Crippen LogP contribution in [0, 0.1) is 11.2 Å². The van der Waals surface area contributed by atoms with Crippen LogP contribution in [-0.4, -0.2) is 61.6 Å². The van der Waals surface area contributed by atoms with E-state index in [-0.39, 0.29) is 24.2 Å². The lowest BCUT2D eigenvalue weighted by Crippen LogP contribution is -2.60. The molecule has 3 aromatic heterocycles. The van der Waals surface area contributed by atoms with Crippen LogP contribution in [0.3, 0.4) is 0 Å². The topological polar surface area (TPSA) is 91.2 Å². The fraction of sp³-hybridized carbons (Fsp3) is 0.481. The SMILES string of the molecule is O=c1n(Cc2ccc(-c3nnc(C(F)F)o3)cn2)c2cc(F)ccc2n1C1CCN(C2CC3(COC3)C2)CC1. The number of piperidine rings is 1. The number of alkyl halides is 2. The smallest absolute Gasteiger partial charge is 0.329 e. The van der Waals surface area contributed by atoms with Gasteiger partial charge in [0.2, 0.25) is 5.89 Å². The lowest BCUT2D eigenvalue weighted by Gasteiger charge is -2.57. The number of halogens is 3. The summed E-state index contributed by atoms with van der Waals surface area (Å²) in [7, 11) is 0. The highest BCUT2D eigenvalue weighted by Gasteiger charge is 2.51. The number of nitrogens with zero attached hydrogens (tertiary/aromatic N) is 6. The second-order valence-corrected chi connectivity index (χ2v) is 11.0. The lowest BCUT2D eigenvalue weighted by molar-refractivity contribution is -0.186. The second kappa shape index (κ2) is 9.30. The Morgan fingerprint density at radius 3 is 2.46 bits per heavy atom. The molecule has 0 N–H and O–H groups in total. The fourth-order valence-corrected chi connectivity index (χ4v) is 6.34. The summed E-state index contributed by atoms with van der Waals surface area (Å²) in [6, 6.07) is 8.35. The minimum Gasteiger partial charge on any atom is -0.415 e. The molecule has 3 fully saturated rings. The Balaban J connectivity index is 1.11. The number of likely N-dealkylation sites (tertiary alicyclic amines) is 1. The van der Waals surface area contributed by atoms with Crippen molar-refractivity contribution < 1.29 is 22.3 Å². The summed E-state index contributed by atoms with van der Waals surface area (Å²) >= 11 is 0. The van der Waals surface area contributed by atoms with Gasteiger partial charge < -0.3 is 14.1 Å². The van der Waals surface area contributed by atoms with Crippen LogP contribution >= 0.6 is 0 Å². The summed E-state index contributed by atoms with van der Waals surface area (Å²) in [5, 5.41) is 6.97. The largest absolute Gasteiger partial charge is 0.415 e. The number of hydrogen-bond acceptors (Lipinski definition) is 7. The predicted molar refractivity (Wildman–Crippen MR) is 134 cm³/mol. The van der Waals surface area contributed by atoms with Crippen molar-refractivity contribution in [3.8, 4) is 11.5 Å². The van der Waals surface area contributed by atoms with E-state index in [1.54, 1.807) is 22.8 Å². The fourth-order valence-electron chi connectivity index (χ4n) is 6.34. The van der Waals surface area contributed by atoms with Gasteiger partial charge in [-0.2, -0.15) is 8.78 Å². The molecular formula is C27H27F3N6O3. The molecule has 1 aromatic carbocycles. The Morgan fingerprint density at radius 2 is 1.82 bits per heavy atom. The zero-order chi connectivity index (χ0) is 26.7. The van der Waals surface area contributed by atoms with E-state index in [0.717, 1.165) is 39.1 Å². The zero-order valence-corrected chi connectivity index (χ0v) is 21.1. The number of ether oxygens (including phenoxy) is 1. The van der Waals surface area contributed by atoms with Crippen molar-refractivity contribution in [3.05, 3.63) is 64.4 Å². The van der Waals surface area contributed by atoms with E-state index in [1.165, 1.54) is 31.2 Å². The highest BCUT2D eigenvalue weighted by molar-refractivity contribution is 5.76. The maximum atomic E-state index is 14.3. The number of rotatable bonds is 6. The van der Waals surface area contributed by atoms with Crippen LogP contribution in [0.5, 0.6) is 0 Å². The highest BCUT2D eigenvalue weighted by Crippen LogP contribution is 2.49. The molecule has 204 valence electrons. The van der Waals surface area contributed by atoms with Crippen molar-refractivity contribution in [3.63, 3.8) is 0 Å². The molecule has 9 nitrogen and oxygen atoms in total. The van der Waals surface area contributed by atoms with E-state index >= 15 is 0 Å². The Hall–Kier alpha value is -3.51. The first kappa shape index (κ1) is 24.5. The third kappa shape index (κ3) is 4.26. The van der Waals surface area contributed by atoms with Gasteiger partial charge in [0.1, 0.15) is 5.82 Å². The quantitative estimate of drug-likeness (QED) is 0.362. The summed E-state index contributed by atoms with van der Waals surface area (Å²) in [5.74, 6) is -1.24. The first-order valence-corrected chi connectivity index (χ1v) is 13.2. The van der Waals surface area contributed by atoms with Crippen molar-refractivity contribution in [1.29, 1.82) is 0 Å². The molecule has 7 rings (SSSR count). The Kier molecular flexibility index (Phi) is 5.85. The van der Waals surface area contributed by atoms with E-state index in [4.69, 9.17) is 9.15 Å². The van der Waals surface area contributed by atoms with Crippen molar-refractivity contribution in [2.24, 2.45) is 5.41 Å². The first-order valence-electron chi connectivity index (χ1n) is 13.2. The number of hydrogen-bond donors (Lipinski definition) is 0. The van der Waals surface area contributed by atoms with Gasteiger partial charge in [-0.3, -0.25) is 14.1 Å². The van der Waals surface area contributed by atoms with Crippen LogP contribution in [0.2, 0.25) is 0 Å². The number of aromatic nitrogens is 5. The van der Waals surface area contributed by atoms with Crippen LogP contribution in [0.4, 0.5) is 13.2 Å². The molecule has 39 heavy (non-hydrogen) atoms. The van der Waals surface area contributed by atoms with E-state index < -0.39 is 18.1 Å². The molecule has 1 saturated carbocycles. The molecule has 1 aliphatic carbocycles. The zero-order valence-electron chi connectivity index (χ0n) is 21.1. The van der Waals surface area contributed by atoms with Gasteiger partial charge >= 0.3 is 12.1 Å². The molecule has 3 aliphatic rings. The molecule has 0 radical (unpaired) electrons. The van der Waals surface area contributed by atoms with Crippen molar-refractivity contribution in [2.75, 3.05) is 26.3 Å². The molecular weight excluding hydrogens is 513 g/mol. The van der Waals surface area contributed by atoms with Crippen molar-refractivity contribution >= 4 is 11.0 Å². The third-order valence-corrected chi connectivity index (χ3v) is 8.48. The minimum absolute atomic E-state index is 0.0286. The van der Waals surface area contributed by atoms with E-state index in [9.17, 15) is 18.0 Å². The Labute approximate surface area is 221 Å². The summed E-state index contributed by atoms with van der Waals surface area (Å²) in [5.41, 5.74) is 2.36. The molecule has 1 spiro atoms. The van der Waals surface area contributed by atoms with E-state index in [2.05, 4.69) is 20.1 Å². The lowest BCUT2D eigenvalue weighted by atomic mass is 9.63. The molecule has 0 atom stereocenters. The van der Waals surface area contributed by atoms with Crippen molar-refractivity contribution in [1.82, 2.24) is 29.2 Å². The summed E-state index contributed by atoms with van der Waals surface area (Å²) in [4.78, 5) is 20.6. The molecule has 4 aromatic rings.